The zero-order chi connectivity index (χ0) is 13.0. The lowest BCUT2D eigenvalue weighted by Crippen LogP contribution is -2.72. The second-order valence-electron chi connectivity index (χ2n) is 7.14. The average molecular weight is 265 g/mol. The average Bonchev–Trinajstić information content (AvgIpc) is 2.40. The van der Waals surface area contributed by atoms with Gasteiger partial charge in [-0.3, -0.25) is 4.79 Å². The standard InChI is InChI=1S/C15H25N2O2/c18-14-7-1-6-13-12-5-3-9-17(19)8-2-4-11(15(12)17)10-16(13)14/h11-13,15,19H,1-10H2/q+1/t11-,12+,13+,15-,17?/m0/s1. The molecule has 19 heavy (non-hydrogen) atoms. The molecule has 1 amide bonds. The van der Waals surface area contributed by atoms with E-state index in [1.165, 1.54) is 19.3 Å². The van der Waals surface area contributed by atoms with E-state index in [4.69, 9.17) is 0 Å². The van der Waals surface area contributed by atoms with Gasteiger partial charge >= 0.3 is 0 Å². The van der Waals surface area contributed by atoms with Gasteiger partial charge in [-0.2, -0.15) is 4.65 Å². The Bertz CT molecular complexity index is 396. The van der Waals surface area contributed by atoms with Crippen LogP contribution in [0.15, 0.2) is 0 Å². The molecule has 4 aliphatic heterocycles. The smallest absolute Gasteiger partial charge is 0.222 e. The summed E-state index contributed by atoms with van der Waals surface area (Å²) in [5.41, 5.74) is 0. The molecule has 4 aliphatic rings. The SMILES string of the molecule is O=C1CCC[C@@H]2[C@H]3CCC[N+]4(O)CCC[C@@H](CN12)[C@@H]34. The Balaban J connectivity index is 1.69. The summed E-state index contributed by atoms with van der Waals surface area (Å²) in [6.45, 7) is 2.81. The fraction of sp³-hybridized carbons (Fsp3) is 0.933. The molecule has 106 valence electrons. The van der Waals surface area contributed by atoms with Crippen molar-refractivity contribution in [1.82, 2.24) is 4.90 Å². The summed E-state index contributed by atoms with van der Waals surface area (Å²) in [5.74, 6) is 1.48. The van der Waals surface area contributed by atoms with Gasteiger partial charge in [0.15, 0.2) is 0 Å². The third-order valence-corrected chi connectivity index (χ3v) is 6.22. The van der Waals surface area contributed by atoms with Crippen LogP contribution in [0.5, 0.6) is 0 Å². The molecule has 1 unspecified atom stereocenters. The van der Waals surface area contributed by atoms with Crippen molar-refractivity contribution in [3.63, 3.8) is 0 Å². The molecule has 4 heteroatoms. The predicted molar refractivity (Wildman–Crippen MR) is 70.4 cm³/mol. The molecule has 0 aromatic rings. The molecule has 4 heterocycles. The highest BCUT2D eigenvalue weighted by atomic mass is 16.5. The van der Waals surface area contributed by atoms with Gasteiger partial charge in [-0.15, -0.1) is 0 Å². The molecule has 5 atom stereocenters. The van der Waals surface area contributed by atoms with Crippen molar-refractivity contribution in [3.8, 4) is 0 Å². The molecule has 0 bridgehead atoms. The van der Waals surface area contributed by atoms with Crippen LogP contribution in [0.2, 0.25) is 0 Å². The Kier molecular flexibility index (Phi) is 2.68. The topological polar surface area (TPSA) is 40.5 Å². The number of quaternary nitrogens is 1. The first kappa shape index (κ1) is 12.2. The number of hydrogen-bond acceptors (Lipinski definition) is 2. The van der Waals surface area contributed by atoms with E-state index in [0.717, 1.165) is 45.3 Å². The lowest BCUT2D eigenvalue weighted by atomic mass is 9.67. The highest BCUT2D eigenvalue weighted by Crippen LogP contribution is 2.47. The number of carbonyl (C=O) groups excluding carboxylic acids is 1. The van der Waals surface area contributed by atoms with Crippen LogP contribution in [-0.4, -0.2) is 52.4 Å². The first-order valence-corrected chi connectivity index (χ1v) is 8.08. The minimum Gasteiger partial charge on any atom is -0.339 e. The zero-order valence-corrected chi connectivity index (χ0v) is 11.6. The van der Waals surface area contributed by atoms with Crippen molar-refractivity contribution in [3.05, 3.63) is 0 Å². The van der Waals surface area contributed by atoms with Gasteiger partial charge in [0.25, 0.3) is 0 Å². The molecule has 1 N–H and O–H groups in total. The Morgan fingerprint density at radius 2 is 1.89 bits per heavy atom. The maximum absolute atomic E-state index is 12.2. The molecule has 0 radical (unpaired) electrons. The van der Waals surface area contributed by atoms with Gasteiger partial charge in [0.2, 0.25) is 5.91 Å². The van der Waals surface area contributed by atoms with Gasteiger partial charge in [-0.05, 0) is 25.7 Å². The van der Waals surface area contributed by atoms with Gasteiger partial charge in [0.05, 0.1) is 0 Å². The number of carbonyl (C=O) groups is 1. The third kappa shape index (κ3) is 1.69. The normalized spacial score (nSPS) is 49.5. The molecular weight excluding hydrogens is 240 g/mol. The van der Waals surface area contributed by atoms with Gasteiger partial charge < -0.3 is 4.90 Å². The third-order valence-electron chi connectivity index (χ3n) is 6.22. The number of hydroxylamine groups is 3. The molecular formula is C15H25N2O2+. The summed E-state index contributed by atoms with van der Waals surface area (Å²) in [4.78, 5) is 14.4. The number of nitrogens with zero attached hydrogens (tertiary/aromatic N) is 2. The molecule has 4 fully saturated rings. The summed E-state index contributed by atoms with van der Waals surface area (Å²) in [6.07, 6.45) is 7.65. The van der Waals surface area contributed by atoms with E-state index >= 15 is 0 Å². The van der Waals surface area contributed by atoms with Crippen molar-refractivity contribution < 1.29 is 14.6 Å². The second kappa shape index (κ2) is 4.19. The predicted octanol–water partition coefficient (Wildman–Crippen LogP) is 1.78. The van der Waals surface area contributed by atoms with Crippen LogP contribution in [0.4, 0.5) is 0 Å². The van der Waals surface area contributed by atoms with E-state index in [2.05, 4.69) is 4.90 Å². The molecule has 0 aliphatic carbocycles. The number of piperidine rings is 4. The summed E-state index contributed by atoms with van der Waals surface area (Å²) in [6, 6.07) is 0.861. The van der Waals surface area contributed by atoms with Crippen LogP contribution in [0, 0.1) is 11.8 Å². The Labute approximate surface area is 114 Å². The van der Waals surface area contributed by atoms with Crippen LogP contribution in [0.25, 0.3) is 0 Å². The van der Waals surface area contributed by atoms with Crippen molar-refractivity contribution >= 4 is 5.91 Å². The number of fused-ring (bicyclic) bond motifs is 2. The van der Waals surface area contributed by atoms with Crippen LogP contribution in [0.3, 0.4) is 0 Å². The molecule has 4 saturated heterocycles. The van der Waals surface area contributed by atoms with E-state index in [1.807, 2.05) is 0 Å². The van der Waals surface area contributed by atoms with E-state index in [1.54, 1.807) is 0 Å². The summed E-state index contributed by atoms with van der Waals surface area (Å²) >= 11 is 0. The van der Waals surface area contributed by atoms with E-state index in [-0.39, 0.29) is 0 Å². The first-order valence-electron chi connectivity index (χ1n) is 8.08. The van der Waals surface area contributed by atoms with Gasteiger partial charge in [-0.1, -0.05) is 0 Å². The molecule has 0 aromatic carbocycles. The molecule has 0 saturated carbocycles. The van der Waals surface area contributed by atoms with Crippen LogP contribution < -0.4 is 0 Å². The lowest BCUT2D eigenvalue weighted by Gasteiger charge is -2.58. The van der Waals surface area contributed by atoms with Crippen molar-refractivity contribution in [2.24, 2.45) is 11.8 Å². The number of amides is 1. The molecule has 4 nitrogen and oxygen atoms in total. The molecule has 0 aromatic heterocycles. The summed E-state index contributed by atoms with van der Waals surface area (Å²) in [7, 11) is 0. The van der Waals surface area contributed by atoms with E-state index < -0.39 is 0 Å². The Hall–Kier alpha value is -0.610. The van der Waals surface area contributed by atoms with Gasteiger partial charge in [-0.25, -0.2) is 5.21 Å². The highest BCUT2D eigenvalue weighted by molar-refractivity contribution is 5.77. The molecule has 0 spiro atoms. The van der Waals surface area contributed by atoms with Crippen LogP contribution in [0.1, 0.15) is 44.9 Å². The van der Waals surface area contributed by atoms with Gasteiger partial charge in [0, 0.05) is 43.7 Å². The van der Waals surface area contributed by atoms with Crippen molar-refractivity contribution in [1.29, 1.82) is 0 Å². The van der Waals surface area contributed by atoms with Gasteiger partial charge in [0.1, 0.15) is 19.1 Å². The summed E-state index contributed by atoms with van der Waals surface area (Å²) in [5, 5.41) is 11.0. The zero-order valence-electron chi connectivity index (χ0n) is 11.6. The number of rotatable bonds is 0. The van der Waals surface area contributed by atoms with Crippen molar-refractivity contribution in [2.45, 2.75) is 57.0 Å². The summed E-state index contributed by atoms with van der Waals surface area (Å²) < 4.78 is 0.327. The maximum Gasteiger partial charge on any atom is 0.222 e. The second-order valence-corrected chi connectivity index (χ2v) is 7.14. The highest BCUT2D eigenvalue weighted by Gasteiger charge is 2.58. The maximum atomic E-state index is 12.2. The molecule has 4 rings (SSSR count). The number of hydrogen-bond donors (Lipinski definition) is 1. The quantitative estimate of drug-likeness (QED) is 0.678. The fourth-order valence-electron chi connectivity index (χ4n) is 5.58. The van der Waals surface area contributed by atoms with Crippen molar-refractivity contribution in [2.75, 3.05) is 19.6 Å². The van der Waals surface area contributed by atoms with Crippen LogP contribution in [-0.2, 0) is 4.79 Å². The Morgan fingerprint density at radius 3 is 2.74 bits per heavy atom. The van der Waals surface area contributed by atoms with E-state index in [9.17, 15) is 10.0 Å². The first-order chi connectivity index (χ1) is 9.19. The van der Waals surface area contributed by atoms with Crippen LogP contribution >= 0.6 is 0 Å². The lowest BCUT2D eigenvalue weighted by molar-refractivity contribution is -1.13. The Morgan fingerprint density at radius 1 is 1.11 bits per heavy atom. The largest absolute Gasteiger partial charge is 0.339 e. The monoisotopic (exact) mass is 265 g/mol. The minimum atomic E-state index is 0.327. The van der Waals surface area contributed by atoms with E-state index in [0.29, 0.717) is 34.5 Å². The fourth-order valence-corrected chi connectivity index (χ4v) is 5.58. The minimum absolute atomic E-state index is 0.327.